The van der Waals surface area contributed by atoms with E-state index in [0.717, 1.165) is 11.1 Å². The van der Waals surface area contributed by atoms with Crippen LogP contribution in [0.5, 0.6) is 11.5 Å². The number of carbonyl (C=O) groups excluding carboxylic acids is 1. The van der Waals surface area contributed by atoms with E-state index in [1.54, 1.807) is 24.3 Å². The molecule has 2 rings (SSSR count). The van der Waals surface area contributed by atoms with E-state index in [-0.39, 0.29) is 5.78 Å². The molecule has 0 atom stereocenters. The molecule has 0 spiro atoms. The van der Waals surface area contributed by atoms with E-state index in [1.807, 2.05) is 32.9 Å². The van der Waals surface area contributed by atoms with Gasteiger partial charge in [0.15, 0.2) is 5.78 Å². The average Bonchev–Trinajstić information content (AvgIpc) is 2.50. The van der Waals surface area contributed by atoms with E-state index < -0.39 is 0 Å². The van der Waals surface area contributed by atoms with Crippen LogP contribution in [0.15, 0.2) is 36.4 Å². The third-order valence-corrected chi connectivity index (χ3v) is 3.31. The second-order valence-corrected chi connectivity index (χ2v) is 4.93. The fourth-order valence-corrected chi connectivity index (χ4v) is 2.26. The summed E-state index contributed by atoms with van der Waals surface area (Å²) in [6.45, 7) is 5.62. The summed E-state index contributed by atoms with van der Waals surface area (Å²) in [4.78, 5) is 12.0. The van der Waals surface area contributed by atoms with Crippen molar-refractivity contribution in [1.82, 2.24) is 0 Å². The molecule has 3 heteroatoms. The van der Waals surface area contributed by atoms with Crippen LogP contribution in [0.4, 0.5) is 0 Å². The zero-order valence-corrected chi connectivity index (χ0v) is 12.4. The van der Waals surface area contributed by atoms with Crippen molar-refractivity contribution in [2.75, 3.05) is 0 Å². The molecule has 2 aromatic rings. The number of ether oxygens (including phenoxy) is 1. The molecule has 0 aromatic heterocycles. The SMILES string of the molecule is CCC(=O)c1ccccc1Oc1c(C)cc(C#N)cc1C. The van der Waals surface area contributed by atoms with E-state index in [1.165, 1.54) is 0 Å². The van der Waals surface area contributed by atoms with E-state index >= 15 is 0 Å². The molecule has 0 unspecified atom stereocenters. The van der Waals surface area contributed by atoms with Gasteiger partial charge < -0.3 is 4.74 Å². The normalized spacial score (nSPS) is 10.0. The molecule has 0 fully saturated rings. The predicted molar refractivity (Wildman–Crippen MR) is 81.8 cm³/mol. The number of hydrogen-bond acceptors (Lipinski definition) is 3. The Kier molecular flexibility index (Phi) is 4.39. The van der Waals surface area contributed by atoms with Crippen molar-refractivity contribution in [3.05, 3.63) is 58.7 Å². The molecular weight excluding hydrogens is 262 g/mol. The quantitative estimate of drug-likeness (QED) is 0.771. The van der Waals surface area contributed by atoms with Crippen molar-refractivity contribution in [1.29, 1.82) is 5.26 Å². The van der Waals surface area contributed by atoms with Crippen molar-refractivity contribution in [2.24, 2.45) is 0 Å². The van der Waals surface area contributed by atoms with Gasteiger partial charge in [-0.1, -0.05) is 19.1 Å². The Morgan fingerprint density at radius 1 is 1.19 bits per heavy atom. The van der Waals surface area contributed by atoms with Gasteiger partial charge in [0.25, 0.3) is 0 Å². The van der Waals surface area contributed by atoms with Gasteiger partial charge in [0.2, 0.25) is 0 Å². The number of hydrogen-bond donors (Lipinski definition) is 0. The van der Waals surface area contributed by atoms with Gasteiger partial charge in [-0.15, -0.1) is 0 Å². The Morgan fingerprint density at radius 2 is 1.81 bits per heavy atom. The third kappa shape index (κ3) is 3.11. The van der Waals surface area contributed by atoms with Gasteiger partial charge in [-0.25, -0.2) is 0 Å². The maximum atomic E-state index is 12.0. The number of ketones is 1. The third-order valence-electron chi connectivity index (χ3n) is 3.31. The predicted octanol–water partition coefficient (Wildman–Crippen LogP) is 4.56. The summed E-state index contributed by atoms with van der Waals surface area (Å²) in [5, 5.41) is 8.98. The van der Waals surface area contributed by atoms with Crippen LogP contribution in [-0.2, 0) is 0 Å². The molecule has 0 aliphatic heterocycles. The summed E-state index contributed by atoms with van der Waals surface area (Å²) in [7, 11) is 0. The molecule has 0 saturated carbocycles. The lowest BCUT2D eigenvalue weighted by atomic mass is 10.1. The maximum absolute atomic E-state index is 12.0. The Morgan fingerprint density at radius 3 is 2.38 bits per heavy atom. The number of aryl methyl sites for hydroxylation is 2. The molecule has 0 saturated heterocycles. The first kappa shape index (κ1) is 14.8. The molecule has 2 aromatic carbocycles. The molecule has 0 N–H and O–H groups in total. The van der Waals surface area contributed by atoms with Crippen LogP contribution >= 0.6 is 0 Å². The lowest BCUT2D eigenvalue weighted by Gasteiger charge is -2.14. The molecule has 0 radical (unpaired) electrons. The summed E-state index contributed by atoms with van der Waals surface area (Å²) in [6.07, 6.45) is 0.436. The Bertz CT molecular complexity index is 703. The Hall–Kier alpha value is -2.60. The molecule has 0 heterocycles. The van der Waals surface area contributed by atoms with Crippen LogP contribution in [0.1, 0.15) is 40.4 Å². The van der Waals surface area contributed by atoms with Gasteiger partial charge in [-0.3, -0.25) is 4.79 Å². The van der Waals surface area contributed by atoms with Gasteiger partial charge in [0.1, 0.15) is 11.5 Å². The zero-order valence-electron chi connectivity index (χ0n) is 12.4. The minimum absolute atomic E-state index is 0.0505. The number of para-hydroxylation sites is 1. The number of nitrogens with zero attached hydrogens (tertiary/aromatic N) is 1. The number of rotatable bonds is 4. The lowest BCUT2D eigenvalue weighted by molar-refractivity contribution is 0.0986. The molecule has 21 heavy (non-hydrogen) atoms. The molecule has 0 aliphatic carbocycles. The fraction of sp³-hybridized carbons (Fsp3) is 0.222. The standard InChI is InChI=1S/C18H17NO2/c1-4-16(20)15-7-5-6-8-17(15)21-18-12(2)9-14(11-19)10-13(18)3/h5-10H,4H2,1-3H3. The lowest BCUT2D eigenvalue weighted by Crippen LogP contribution is -2.01. The molecular formula is C18H17NO2. The molecule has 3 nitrogen and oxygen atoms in total. The first-order valence-electron chi connectivity index (χ1n) is 6.88. The van der Waals surface area contributed by atoms with E-state index in [0.29, 0.717) is 29.0 Å². The van der Waals surface area contributed by atoms with E-state index in [9.17, 15) is 4.79 Å². The van der Waals surface area contributed by atoms with Crippen LogP contribution in [0.3, 0.4) is 0 Å². The minimum atomic E-state index is 0.0505. The summed E-state index contributed by atoms with van der Waals surface area (Å²) in [6, 6.07) is 12.9. The minimum Gasteiger partial charge on any atom is -0.456 e. The average molecular weight is 279 g/mol. The van der Waals surface area contributed by atoms with Gasteiger partial charge in [-0.05, 0) is 49.2 Å². The Labute approximate surface area is 124 Å². The van der Waals surface area contributed by atoms with Crippen molar-refractivity contribution in [3.63, 3.8) is 0 Å². The van der Waals surface area contributed by atoms with Crippen LogP contribution in [0, 0.1) is 25.2 Å². The Balaban J connectivity index is 2.45. The number of carbonyl (C=O) groups is 1. The maximum Gasteiger partial charge on any atom is 0.166 e. The largest absolute Gasteiger partial charge is 0.456 e. The first-order chi connectivity index (χ1) is 10.1. The van der Waals surface area contributed by atoms with E-state index in [4.69, 9.17) is 10.00 Å². The highest BCUT2D eigenvalue weighted by Gasteiger charge is 2.13. The molecule has 0 amide bonds. The van der Waals surface area contributed by atoms with Crippen LogP contribution in [0.2, 0.25) is 0 Å². The van der Waals surface area contributed by atoms with E-state index in [2.05, 4.69) is 6.07 Å². The van der Waals surface area contributed by atoms with Crippen molar-refractivity contribution in [3.8, 4) is 17.6 Å². The fourth-order valence-electron chi connectivity index (χ4n) is 2.26. The van der Waals surface area contributed by atoms with Crippen LogP contribution in [0.25, 0.3) is 0 Å². The molecule has 0 bridgehead atoms. The van der Waals surface area contributed by atoms with Crippen LogP contribution in [-0.4, -0.2) is 5.78 Å². The van der Waals surface area contributed by atoms with Crippen molar-refractivity contribution < 1.29 is 9.53 Å². The topological polar surface area (TPSA) is 50.1 Å². The van der Waals surface area contributed by atoms with Gasteiger partial charge in [0, 0.05) is 6.42 Å². The zero-order chi connectivity index (χ0) is 15.4. The number of benzene rings is 2. The summed E-state index contributed by atoms with van der Waals surface area (Å²) >= 11 is 0. The van der Waals surface area contributed by atoms with Gasteiger partial charge in [-0.2, -0.15) is 5.26 Å². The summed E-state index contributed by atoms with van der Waals surface area (Å²) < 4.78 is 5.96. The second-order valence-electron chi connectivity index (χ2n) is 4.93. The second kappa shape index (κ2) is 6.23. The van der Waals surface area contributed by atoms with Gasteiger partial charge in [0.05, 0.1) is 17.2 Å². The number of nitriles is 1. The highest BCUT2D eigenvalue weighted by molar-refractivity contribution is 5.98. The monoisotopic (exact) mass is 279 g/mol. The molecule has 106 valence electrons. The number of Topliss-reactive ketones (excluding diaryl/α,β-unsaturated/α-hetero) is 1. The smallest absolute Gasteiger partial charge is 0.166 e. The highest BCUT2D eigenvalue weighted by Crippen LogP contribution is 2.32. The van der Waals surface area contributed by atoms with Crippen LogP contribution < -0.4 is 4.74 Å². The summed E-state index contributed by atoms with van der Waals surface area (Å²) in [5.41, 5.74) is 2.95. The summed E-state index contributed by atoms with van der Waals surface area (Å²) in [5.74, 6) is 1.31. The highest BCUT2D eigenvalue weighted by atomic mass is 16.5. The molecule has 0 aliphatic rings. The van der Waals surface area contributed by atoms with Crippen molar-refractivity contribution >= 4 is 5.78 Å². The van der Waals surface area contributed by atoms with Crippen molar-refractivity contribution in [2.45, 2.75) is 27.2 Å². The van der Waals surface area contributed by atoms with Gasteiger partial charge >= 0.3 is 0 Å². The first-order valence-corrected chi connectivity index (χ1v) is 6.88.